The van der Waals surface area contributed by atoms with Crippen LogP contribution in [0.2, 0.25) is 0 Å². The molecule has 6 heteroatoms. The smallest absolute Gasteiger partial charge is 0.191 e. The van der Waals surface area contributed by atoms with E-state index in [0.717, 1.165) is 30.6 Å². The van der Waals surface area contributed by atoms with Crippen LogP contribution >= 0.6 is 0 Å². The first-order valence-electron chi connectivity index (χ1n) is 9.76. The molecule has 1 heterocycles. The second-order valence-electron chi connectivity index (χ2n) is 6.89. The van der Waals surface area contributed by atoms with Gasteiger partial charge in [0.05, 0.1) is 18.8 Å². The van der Waals surface area contributed by atoms with E-state index in [1.165, 1.54) is 11.3 Å². The predicted octanol–water partition coefficient (Wildman–Crippen LogP) is 2.51. The number of aliphatic imine (C=N–C) groups is 1. The monoisotopic (exact) mass is 371 g/mol. The van der Waals surface area contributed by atoms with Crippen LogP contribution in [-0.2, 0) is 32.0 Å². The Morgan fingerprint density at radius 3 is 2.44 bits per heavy atom. The minimum absolute atomic E-state index is 0.372. The van der Waals surface area contributed by atoms with Crippen molar-refractivity contribution in [2.24, 2.45) is 12.0 Å². The van der Waals surface area contributed by atoms with Gasteiger partial charge in [0.15, 0.2) is 5.96 Å². The van der Waals surface area contributed by atoms with Gasteiger partial charge in [0.25, 0.3) is 0 Å². The summed E-state index contributed by atoms with van der Waals surface area (Å²) in [6, 6.07) is 9.68. The number of guanidine groups is 1. The van der Waals surface area contributed by atoms with Crippen molar-refractivity contribution in [2.75, 3.05) is 13.1 Å². The summed E-state index contributed by atoms with van der Waals surface area (Å²) in [5.41, 5.74) is 3.43. The second-order valence-corrected chi connectivity index (χ2v) is 6.89. The molecule has 0 saturated carbocycles. The number of hydrogen-bond acceptors (Lipinski definition) is 3. The molecule has 0 spiro atoms. The van der Waals surface area contributed by atoms with E-state index in [0.29, 0.717) is 19.0 Å². The number of nitrogens with one attached hydrogen (secondary N) is 2. The van der Waals surface area contributed by atoms with Gasteiger partial charge in [-0.05, 0) is 32.3 Å². The van der Waals surface area contributed by atoms with Gasteiger partial charge >= 0.3 is 0 Å². The van der Waals surface area contributed by atoms with E-state index < -0.39 is 5.60 Å². The molecule has 0 amide bonds. The van der Waals surface area contributed by atoms with Crippen LogP contribution < -0.4 is 10.6 Å². The maximum atomic E-state index is 10.8. The first-order valence-corrected chi connectivity index (χ1v) is 9.76. The summed E-state index contributed by atoms with van der Waals surface area (Å²) >= 11 is 0. The molecule has 2 aromatic rings. The van der Waals surface area contributed by atoms with Gasteiger partial charge in [-0.2, -0.15) is 5.10 Å². The largest absolute Gasteiger partial charge is 0.384 e. The molecule has 0 fully saturated rings. The van der Waals surface area contributed by atoms with Crippen molar-refractivity contribution >= 4 is 5.96 Å². The van der Waals surface area contributed by atoms with Crippen molar-refractivity contribution in [3.8, 4) is 0 Å². The van der Waals surface area contributed by atoms with Gasteiger partial charge in [-0.1, -0.05) is 44.2 Å². The van der Waals surface area contributed by atoms with Crippen LogP contribution in [0.5, 0.6) is 0 Å². The number of hydrogen-bond donors (Lipinski definition) is 3. The molecule has 0 radical (unpaired) electrons. The maximum absolute atomic E-state index is 10.8. The molecule has 6 nitrogen and oxygen atoms in total. The summed E-state index contributed by atoms with van der Waals surface area (Å²) in [5, 5.41) is 21.9. The fraction of sp³-hybridized carbons (Fsp3) is 0.524. The molecular formula is C21H33N5O. The highest BCUT2D eigenvalue weighted by Gasteiger charge is 2.23. The second kappa shape index (κ2) is 9.55. The van der Waals surface area contributed by atoms with Crippen LogP contribution in [0.4, 0.5) is 0 Å². The van der Waals surface area contributed by atoms with Gasteiger partial charge in [-0.15, -0.1) is 0 Å². The van der Waals surface area contributed by atoms with Gasteiger partial charge in [-0.3, -0.25) is 4.68 Å². The third kappa shape index (κ3) is 5.32. The quantitative estimate of drug-likeness (QED) is 0.492. The lowest BCUT2D eigenvalue weighted by molar-refractivity contribution is 0.0617. The summed E-state index contributed by atoms with van der Waals surface area (Å²) in [6.07, 6.45) is 1.83. The SMILES string of the molecule is CCNC(=NCc1c(CC)nn(C)c1CC)NCC(C)(O)c1ccccc1. The first kappa shape index (κ1) is 21.0. The fourth-order valence-corrected chi connectivity index (χ4v) is 3.23. The van der Waals surface area contributed by atoms with Crippen LogP contribution in [0.3, 0.4) is 0 Å². The van der Waals surface area contributed by atoms with E-state index in [-0.39, 0.29) is 0 Å². The molecule has 0 aliphatic heterocycles. The van der Waals surface area contributed by atoms with Crippen molar-refractivity contribution in [1.82, 2.24) is 20.4 Å². The summed E-state index contributed by atoms with van der Waals surface area (Å²) in [5.74, 6) is 0.696. The van der Waals surface area contributed by atoms with E-state index in [4.69, 9.17) is 4.99 Å². The van der Waals surface area contributed by atoms with Gasteiger partial charge in [0.1, 0.15) is 5.60 Å². The van der Waals surface area contributed by atoms with Crippen molar-refractivity contribution in [2.45, 2.75) is 52.7 Å². The predicted molar refractivity (Wildman–Crippen MR) is 111 cm³/mol. The van der Waals surface area contributed by atoms with Crippen LogP contribution in [0.1, 0.15) is 50.2 Å². The average Bonchev–Trinajstić information content (AvgIpc) is 2.99. The molecule has 0 aliphatic carbocycles. The molecule has 0 saturated heterocycles. The van der Waals surface area contributed by atoms with E-state index in [2.05, 4.69) is 29.6 Å². The minimum Gasteiger partial charge on any atom is -0.384 e. The number of aliphatic hydroxyl groups is 1. The van der Waals surface area contributed by atoms with E-state index in [1.54, 1.807) is 0 Å². The van der Waals surface area contributed by atoms with Crippen molar-refractivity contribution in [3.05, 3.63) is 52.8 Å². The van der Waals surface area contributed by atoms with Crippen LogP contribution in [-0.4, -0.2) is 33.9 Å². The Kier molecular flexibility index (Phi) is 7.42. The molecule has 0 bridgehead atoms. The molecule has 148 valence electrons. The lowest BCUT2D eigenvalue weighted by Gasteiger charge is -2.25. The summed E-state index contributed by atoms with van der Waals surface area (Å²) in [6.45, 7) is 9.81. The molecule has 27 heavy (non-hydrogen) atoms. The Labute approximate surface area is 162 Å². The Balaban J connectivity index is 2.13. The normalized spacial score (nSPS) is 14.1. The van der Waals surface area contributed by atoms with E-state index in [1.807, 2.05) is 55.9 Å². The Morgan fingerprint density at radius 1 is 1.15 bits per heavy atom. The number of nitrogens with zero attached hydrogens (tertiary/aromatic N) is 3. The fourth-order valence-electron chi connectivity index (χ4n) is 3.23. The zero-order chi connectivity index (χ0) is 19.9. The number of aromatic nitrogens is 2. The van der Waals surface area contributed by atoms with E-state index in [9.17, 15) is 5.11 Å². The van der Waals surface area contributed by atoms with Gasteiger partial charge < -0.3 is 15.7 Å². The van der Waals surface area contributed by atoms with Gasteiger partial charge in [0, 0.05) is 24.8 Å². The molecule has 1 atom stereocenters. The summed E-state index contributed by atoms with van der Waals surface area (Å²) < 4.78 is 1.96. The highest BCUT2D eigenvalue weighted by atomic mass is 16.3. The molecule has 1 unspecified atom stereocenters. The zero-order valence-corrected chi connectivity index (χ0v) is 17.2. The Hall–Kier alpha value is -2.34. The molecular weight excluding hydrogens is 338 g/mol. The standard InChI is InChI=1S/C21H33N5O/c1-6-18-17(19(7-2)26(5)25-18)14-23-20(22-8-3)24-15-21(4,27)16-12-10-9-11-13-16/h9-13,27H,6-8,14-15H2,1-5H3,(H2,22,23,24). The van der Waals surface area contributed by atoms with Gasteiger partial charge in [-0.25, -0.2) is 4.99 Å². The molecule has 3 N–H and O–H groups in total. The average molecular weight is 372 g/mol. The lowest BCUT2D eigenvalue weighted by Crippen LogP contribution is -2.44. The lowest BCUT2D eigenvalue weighted by atomic mass is 9.96. The minimum atomic E-state index is -0.977. The van der Waals surface area contributed by atoms with Crippen molar-refractivity contribution in [3.63, 3.8) is 0 Å². The third-order valence-corrected chi connectivity index (χ3v) is 4.76. The zero-order valence-electron chi connectivity index (χ0n) is 17.2. The molecule has 2 rings (SSSR count). The summed E-state index contributed by atoms with van der Waals surface area (Å²) in [4.78, 5) is 4.74. The third-order valence-electron chi connectivity index (χ3n) is 4.76. The number of benzene rings is 1. The van der Waals surface area contributed by atoms with Crippen LogP contribution in [0.15, 0.2) is 35.3 Å². The van der Waals surface area contributed by atoms with E-state index >= 15 is 0 Å². The maximum Gasteiger partial charge on any atom is 0.191 e. The molecule has 1 aromatic heterocycles. The van der Waals surface area contributed by atoms with Crippen molar-refractivity contribution < 1.29 is 5.11 Å². The van der Waals surface area contributed by atoms with Crippen LogP contribution in [0, 0.1) is 0 Å². The Bertz CT molecular complexity index is 749. The Morgan fingerprint density at radius 2 is 1.85 bits per heavy atom. The number of aryl methyl sites for hydroxylation is 2. The topological polar surface area (TPSA) is 74.5 Å². The van der Waals surface area contributed by atoms with Gasteiger partial charge in [0.2, 0.25) is 0 Å². The number of rotatable bonds is 8. The molecule has 0 aliphatic rings. The van der Waals surface area contributed by atoms with Crippen LogP contribution in [0.25, 0.3) is 0 Å². The highest BCUT2D eigenvalue weighted by Crippen LogP contribution is 2.19. The van der Waals surface area contributed by atoms with Crippen molar-refractivity contribution in [1.29, 1.82) is 0 Å². The molecule has 1 aromatic carbocycles. The highest BCUT2D eigenvalue weighted by molar-refractivity contribution is 5.79. The first-order chi connectivity index (χ1) is 12.9. The summed E-state index contributed by atoms with van der Waals surface area (Å²) in [7, 11) is 1.99.